The highest BCUT2D eigenvalue weighted by Crippen LogP contribution is 2.28. The molecule has 1 aromatic carbocycles. The monoisotopic (exact) mass is 300 g/mol. The molecule has 1 aromatic heterocycles. The smallest absolute Gasteiger partial charge is 0.336 e. The number of aromatic nitrogens is 1. The Morgan fingerprint density at radius 1 is 1.23 bits per heavy atom. The van der Waals surface area contributed by atoms with E-state index in [1.807, 2.05) is 12.1 Å². The van der Waals surface area contributed by atoms with E-state index < -0.39 is 5.97 Å². The van der Waals surface area contributed by atoms with Crippen LogP contribution in [-0.2, 0) is 6.54 Å². The van der Waals surface area contributed by atoms with Crippen molar-refractivity contribution in [3.63, 3.8) is 0 Å². The van der Waals surface area contributed by atoms with Crippen LogP contribution in [0.1, 0.15) is 55.2 Å². The lowest BCUT2D eigenvalue weighted by Crippen LogP contribution is -2.30. The van der Waals surface area contributed by atoms with Gasteiger partial charge < -0.3 is 9.67 Å². The molecule has 4 nitrogen and oxygen atoms in total. The highest BCUT2D eigenvalue weighted by Gasteiger charge is 2.19. The number of aromatic carboxylic acids is 1. The second-order valence-corrected chi connectivity index (χ2v) is 6.48. The van der Waals surface area contributed by atoms with Gasteiger partial charge in [0, 0.05) is 29.2 Å². The molecular formula is C18H24N2O2. The van der Waals surface area contributed by atoms with Crippen molar-refractivity contribution in [1.29, 1.82) is 0 Å². The summed E-state index contributed by atoms with van der Waals surface area (Å²) in [4.78, 5) is 14.0. The van der Waals surface area contributed by atoms with Gasteiger partial charge in [0.1, 0.15) is 0 Å². The molecule has 3 rings (SSSR count). The molecule has 0 spiro atoms. The summed E-state index contributed by atoms with van der Waals surface area (Å²) in [6.07, 6.45) is 3.86. The molecule has 0 saturated carbocycles. The predicted molar refractivity (Wildman–Crippen MR) is 88.4 cm³/mol. The quantitative estimate of drug-likeness (QED) is 0.931. The Kier molecular flexibility index (Phi) is 4.21. The van der Waals surface area contributed by atoms with Gasteiger partial charge in [0.2, 0.25) is 0 Å². The summed E-state index contributed by atoms with van der Waals surface area (Å²) < 4.78 is 2.29. The van der Waals surface area contributed by atoms with E-state index in [2.05, 4.69) is 29.4 Å². The standard InChI is InChI=1S/C18H24N2O2/c1-13(2)20-14(12-19-9-4-3-5-10-19)11-16-15(18(21)22)7-6-8-17(16)20/h6-8,11,13H,3-5,9-10,12H2,1-2H3,(H,21,22). The van der Waals surface area contributed by atoms with Crippen LogP contribution in [0.5, 0.6) is 0 Å². The molecule has 0 amide bonds. The van der Waals surface area contributed by atoms with Crippen molar-refractivity contribution in [2.24, 2.45) is 0 Å². The summed E-state index contributed by atoms with van der Waals surface area (Å²) in [5, 5.41) is 10.3. The first-order valence-electron chi connectivity index (χ1n) is 8.16. The summed E-state index contributed by atoms with van der Waals surface area (Å²) in [7, 11) is 0. The first-order valence-corrected chi connectivity index (χ1v) is 8.16. The van der Waals surface area contributed by atoms with Gasteiger partial charge in [-0.2, -0.15) is 0 Å². The van der Waals surface area contributed by atoms with Gasteiger partial charge in [0.15, 0.2) is 0 Å². The van der Waals surface area contributed by atoms with Crippen LogP contribution in [-0.4, -0.2) is 33.6 Å². The van der Waals surface area contributed by atoms with Crippen molar-refractivity contribution >= 4 is 16.9 Å². The maximum absolute atomic E-state index is 11.5. The fourth-order valence-electron chi connectivity index (χ4n) is 3.57. The number of carbonyl (C=O) groups is 1. The Labute approximate surface area is 131 Å². The second-order valence-electron chi connectivity index (χ2n) is 6.48. The molecule has 22 heavy (non-hydrogen) atoms. The van der Waals surface area contributed by atoms with E-state index in [0.717, 1.165) is 30.5 Å². The number of rotatable bonds is 4. The third kappa shape index (κ3) is 2.75. The van der Waals surface area contributed by atoms with E-state index in [1.165, 1.54) is 25.0 Å². The van der Waals surface area contributed by atoms with Crippen molar-refractivity contribution in [3.05, 3.63) is 35.5 Å². The summed E-state index contributed by atoms with van der Waals surface area (Å²) in [5.41, 5.74) is 2.65. The number of likely N-dealkylation sites (tertiary alicyclic amines) is 1. The number of carboxylic acids is 1. The fraction of sp³-hybridized carbons (Fsp3) is 0.500. The van der Waals surface area contributed by atoms with Crippen LogP contribution >= 0.6 is 0 Å². The van der Waals surface area contributed by atoms with Gasteiger partial charge in [-0.1, -0.05) is 12.5 Å². The van der Waals surface area contributed by atoms with E-state index in [4.69, 9.17) is 0 Å². The zero-order chi connectivity index (χ0) is 15.7. The molecule has 0 atom stereocenters. The lowest BCUT2D eigenvalue weighted by atomic mass is 10.1. The van der Waals surface area contributed by atoms with Crippen LogP contribution in [0.4, 0.5) is 0 Å². The first-order chi connectivity index (χ1) is 10.6. The molecule has 1 aliphatic rings. The van der Waals surface area contributed by atoms with E-state index in [0.29, 0.717) is 11.6 Å². The Morgan fingerprint density at radius 2 is 1.95 bits per heavy atom. The van der Waals surface area contributed by atoms with Crippen LogP contribution in [0.3, 0.4) is 0 Å². The summed E-state index contributed by atoms with van der Waals surface area (Å²) >= 11 is 0. The van der Waals surface area contributed by atoms with Gasteiger partial charge >= 0.3 is 5.97 Å². The lowest BCUT2D eigenvalue weighted by molar-refractivity contribution is 0.0699. The number of piperidine rings is 1. The van der Waals surface area contributed by atoms with Gasteiger partial charge in [0.25, 0.3) is 0 Å². The van der Waals surface area contributed by atoms with Crippen molar-refractivity contribution in [1.82, 2.24) is 9.47 Å². The molecule has 1 fully saturated rings. The fourth-order valence-corrected chi connectivity index (χ4v) is 3.57. The van der Waals surface area contributed by atoms with Gasteiger partial charge in [-0.05, 0) is 58.0 Å². The molecule has 2 aromatic rings. The third-order valence-corrected chi connectivity index (χ3v) is 4.54. The van der Waals surface area contributed by atoms with Crippen molar-refractivity contribution in [3.8, 4) is 0 Å². The molecule has 4 heteroatoms. The molecule has 0 radical (unpaired) electrons. The van der Waals surface area contributed by atoms with Gasteiger partial charge in [-0.3, -0.25) is 4.90 Å². The third-order valence-electron chi connectivity index (χ3n) is 4.54. The van der Waals surface area contributed by atoms with Gasteiger partial charge in [-0.15, -0.1) is 0 Å². The molecule has 1 saturated heterocycles. The highest BCUT2D eigenvalue weighted by atomic mass is 16.4. The topological polar surface area (TPSA) is 45.5 Å². The number of carboxylic acid groups (broad SMARTS) is 1. The van der Waals surface area contributed by atoms with Crippen LogP contribution in [0.25, 0.3) is 10.9 Å². The van der Waals surface area contributed by atoms with Crippen molar-refractivity contribution < 1.29 is 9.90 Å². The van der Waals surface area contributed by atoms with Crippen LogP contribution in [0.15, 0.2) is 24.3 Å². The van der Waals surface area contributed by atoms with Crippen LogP contribution < -0.4 is 0 Å². The Morgan fingerprint density at radius 3 is 2.59 bits per heavy atom. The molecule has 2 heterocycles. The SMILES string of the molecule is CC(C)n1c(CN2CCCCC2)cc2c(C(=O)O)cccc21. The minimum atomic E-state index is -0.851. The minimum absolute atomic E-state index is 0.321. The van der Waals surface area contributed by atoms with E-state index in [1.54, 1.807) is 6.07 Å². The molecule has 1 N–H and O–H groups in total. The Balaban J connectivity index is 2.06. The van der Waals surface area contributed by atoms with E-state index in [-0.39, 0.29) is 0 Å². The average molecular weight is 300 g/mol. The zero-order valence-electron chi connectivity index (χ0n) is 13.4. The predicted octanol–water partition coefficient (Wildman–Crippen LogP) is 3.91. The van der Waals surface area contributed by atoms with E-state index >= 15 is 0 Å². The number of hydrogen-bond donors (Lipinski definition) is 1. The summed E-state index contributed by atoms with van der Waals surface area (Å²) in [5.74, 6) is -0.851. The van der Waals surface area contributed by atoms with Crippen molar-refractivity contribution in [2.45, 2.75) is 45.7 Å². The molecule has 118 valence electrons. The van der Waals surface area contributed by atoms with Crippen LogP contribution in [0, 0.1) is 0 Å². The minimum Gasteiger partial charge on any atom is -0.478 e. The molecular weight excluding hydrogens is 276 g/mol. The second kappa shape index (κ2) is 6.13. The zero-order valence-corrected chi connectivity index (χ0v) is 13.4. The Bertz CT molecular complexity index is 682. The van der Waals surface area contributed by atoms with Gasteiger partial charge in [-0.25, -0.2) is 4.79 Å². The Hall–Kier alpha value is -1.81. The van der Waals surface area contributed by atoms with E-state index in [9.17, 15) is 9.90 Å². The van der Waals surface area contributed by atoms with Crippen molar-refractivity contribution in [2.75, 3.05) is 13.1 Å². The molecule has 0 aliphatic carbocycles. The summed E-state index contributed by atoms with van der Waals surface area (Å²) in [6, 6.07) is 7.96. The van der Waals surface area contributed by atoms with Gasteiger partial charge in [0.05, 0.1) is 5.56 Å². The maximum atomic E-state index is 11.5. The number of fused-ring (bicyclic) bond motifs is 1. The largest absolute Gasteiger partial charge is 0.478 e. The molecule has 0 unspecified atom stereocenters. The maximum Gasteiger partial charge on any atom is 0.336 e. The summed E-state index contributed by atoms with van der Waals surface area (Å²) in [6.45, 7) is 7.52. The first kappa shape index (κ1) is 15.1. The highest BCUT2D eigenvalue weighted by molar-refractivity contribution is 6.03. The number of nitrogens with zero attached hydrogens (tertiary/aromatic N) is 2. The lowest BCUT2D eigenvalue weighted by Gasteiger charge is -2.27. The number of benzene rings is 1. The van der Waals surface area contributed by atoms with Crippen LogP contribution in [0.2, 0.25) is 0 Å². The molecule has 1 aliphatic heterocycles. The molecule has 0 bridgehead atoms. The number of hydrogen-bond acceptors (Lipinski definition) is 2. The normalized spacial score (nSPS) is 16.5. The average Bonchev–Trinajstić information content (AvgIpc) is 2.85.